The number of hydrogen-bond donors (Lipinski definition) is 2. The highest BCUT2D eigenvalue weighted by Gasteiger charge is 2.06. The van der Waals surface area contributed by atoms with Crippen LogP contribution in [-0.2, 0) is 6.54 Å². The molecule has 0 aliphatic rings. The van der Waals surface area contributed by atoms with Gasteiger partial charge in [-0.2, -0.15) is 10.1 Å². The van der Waals surface area contributed by atoms with E-state index in [4.69, 9.17) is 4.74 Å². The van der Waals surface area contributed by atoms with Crippen LogP contribution in [0.3, 0.4) is 0 Å². The average molecular weight is 322 g/mol. The minimum atomic E-state index is 0.428. The van der Waals surface area contributed by atoms with Crippen LogP contribution in [0.4, 0.5) is 17.5 Å². The van der Waals surface area contributed by atoms with Crippen LogP contribution in [-0.4, -0.2) is 27.3 Å². The Kier molecular flexibility index (Phi) is 4.81. The summed E-state index contributed by atoms with van der Waals surface area (Å²) in [4.78, 5) is 8.65. The molecule has 0 atom stereocenters. The molecule has 122 valence electrons. The minimum absolute atomic E-state index is 0.428. The molecule has 3 aromatic rings. The van der Waals surface area contributed by atoms with E-state index in [1.807, 2.05) is 43.3 Å². The molecule has 0 unspecified atom stereocenters. The van der Waals surface area contributed by atoms with E-state index in [2.05, 4.69) is 30.8 Å². The second-order valence-corrected chi connectivity index (χ2v) is 5.17. The molecule has 2 heterocycles. The summed E-state index contributed by atoms with van der Waals surface area (Å²) >= 11 is 0. The lowest BCUT2D eigenvalue weighted by Crippen LogP contribution is -2.07. The Morgan fingerprint density at radius 3 is 2.88 bits per heavy atom. The van der Waals surface area contributed by atoms with Gasteiger partial charge in [0.15, 0.2) is 5.82 Å². The number of rotatable bonds is 6. The van der Waals surface area contributed by atoms with Gasteiger partial charge in [-0.25, -0.2) is 0 Å². The van der Waals surface area contributed by atoms with Crippen molar-refractivity contribution in [2.45, 2.75) is 13.5 Å². The number of pyridine rings is 1. The van der Waals surface area contributed by atoms with Crippen LogP contribution in [0.5, 0.6) is 5.75 Å². The molecule has 2 aromatic heterocycles. The van der Waals surface area contributed by atoms with Crippen LogP contribution in [0, 0.1) is 6.92 Å². The maximum Gasteiger partial charge on any atom is 0.245 e. The van der Waals surface area contributed by atoms with Crippen molar-refractivity contribution in [3.05, 3.63) is 60.0 Å². The number of nitrogens with zero attached hydrogens (tertiary/aromatic N) is 4. The number of benzene rings is 1. The van der Waals surface area contributed by atoms with Gasteiger partial charge in [-0.05, 0) is 36.8 Å². The van der Waals surface area contributed by atoms with E-state index in [9.17, 15) is 0 Å². The first-order valence-corrected chi connectivity index (χ1v) is 7.50. The fourth-order valence-electron chi connectivity index (χ4n) is 2.17. The van der Waals surface area contributed by atoms with Gasteiger partial charge in [0.1, 0.15) is 5.75 Å². The van der Waals surface area contributed by atoms with E-state index < -0.39 is 0 Å². The number of hydrogen-bond acceptors (Lipinski definition) is 7. The molecule has 7 nitrogen and oxygen atoms in total. The maximum absolute atomic E-state index is 5.36. The Hall–Kier alpha value is -3.22. The number of aryl methyl sites for hydroxylation is 1. The van der Waals surface area contributed by atoms with Gasteiger partial charge in [0.25, 0.3) is 0 Å². The van der Waals surface area contributed by atoms with E-state index in [-0.39, 0.29) is 0 Å². The molecular weight excluding hydrogens is 304 g/mol. The number of methoxy groups -OCH3 is 1. The SMILES string of the molecule is COc1ccc(C)cc1Nc1cnnc(NCc2ccccn2)n1. The number of nitrogens with one attached hydrogen (secondary N) is 2. The van der Waals surface area contributed by atoms with Gasteiger partial charge < -0.3 is 15.4 Å². The van der Waals surface area contributed by atoms with E-state index in [0.717, 1.165) is 22.7 Å². The van der Waals surface area contributed by atoms with Gasteiger partial charge in [0, 0.05) is 6.20 Å². The zero-order chi connectivity index (χ0) is 16.8. The normalized spacial score (nSPS) is 10.2. The van der Waals surface area contributed by atoms with Gasteiger partial charge in [-0.3, -0.25) is 4.98 Å². The topological polar surface area (TPSA) is 84.9 Å². The summed E-state index contributed by atoms with van der Waals surface area (Å²) in [6.45, 7) is 2.54. The monoisotopic (exact) mass is 322 g/mol. The van der Waals surface area contributed by atoms with Crippen molar-refractivity contribution in [1.82, 2.24) is 20.2 Å². The largest absolute Gasteiger partial charge is 0.495 e. The van der Waals surface area contributed by atoms with Crippen molar-refractivity contribution in [1.29, 1.82) is 0 Å². The fourth-order valence-corrected chi connectivity index (χ4v) is 2.17. The summed E-state index contributed by atoms with van der Waals surface area (Å²) in [6.07, 6.45) is 3.31. The Balaban J connectivity index is 1.72. The van der Waals surface area contributed by atoms with E-state index in [1.165, 1.54) is 0 Å². The second-order valence-electron chi connectivity index (χ2n) is 5.17. The summed E-state index contributed by atoms with van der Waals surface area (Å²) < 4.78 is 5.36. The molecule has 2 N–H and O–H groups in total. The van der Waals surface area contributed by atoms with Crippen molar-refractivity contribution in [2.75, 3.05) is 17.7 Å². The third-order valence-corrected chi connectivity index (χ3v) is 3.33. The highest BCUT2D eigenvalue weighted by molar-refractivity contribution is 5.65. The highest BCUT2D eigenvalue weighted by atomic mass is 16.5. The first-order chi connectivity index (χ1) is 11.7. The van der Waals surface area contributed by atoms with E-state index >= 15 is 0 Å². The molecule has 0 saturated carbocycles. The molecule has 0 bridgehead atoms. The lowest BCUT2D eigenvalue weighted by molar-refractivity contribution is 0.416. The first-order valence-electron chi connectivity index (χ1n) is 7.50. The molecule has 1 aromatic carbocycles. The Morgan fingerprint density at radius 2 is 2.08 bits per heavy atom. The molecule has 0 fully saturated rings. The van der Waals surface area contributed by atoms with Crippen LogP contribution < -0.4 is 15.4 Å². The van der Waals surface area contributed by atoms with Crippen LogP contribution >= 0.6 is 0 Å². The predicted octanol–water partition coefficient (Wildman–Crippen LogP) is 2.94. The van der Waals surface area contributed by atoms with Crippen molar-refractivity contribution >= 4 is 17.5 Å². The molecule has 0 spiro atoms. The highest BCUT2D eigenvalue weighted by Crippen LogP contribution is 2.27. The molecule has 0 amide bonds. The Labute approximate surface area is 140 Å². The quantitative estimate of drug-likeness (QED) is 0.721. The summed E-state index contributed by atoms with van der Waals surface area (Å²) in [6, 6.07) is 11.6. The van der Waals surface area contributed by atoms with Gasteiger partial charge in [0.2, 0.25) is 5.95 Å². The Morgan fingerprint density at radius 1 is 1.17 bits per heavy atom. The summed E-state index contributed by atoms with van der Waals surface area (Å²) in [5, 5.41) is 14.3. The maximum atomic E-state index is 5.36. The predicted molar refractivity (Wildman–Crippen MR) is 92.4 cm³/mol. The lowest BCUT2D eigenvalue weighted by atomic mass is 10.2. The van der Waals surface area contributed by atoms with Gasteiger partial charge in [-0.15, -0.1) is 5.10 Å². The van der Waals surface area contributed by atoms with Gasteiger partial charge >= 0.3 is 0 Å². The number of ether oxygens (including phenoxy) is 1. The third kappa shape index (κ3) is 3.95. The van der Waals surface area contributed by atoms with Crippen molar-refractivity contribution in [3.8, 4) is 5.75 Å². The zero-order valence-corrected chi connectivity index (χ0v) is 13.5. The molecule has 24 heavy (non-hydrogen) atoms. The zero-order valence-electron chi connectivity index (χ0n) is 13.5. The summed E-state index contributed by atoms with van der Waals surface area (Å²) in [7, 11) is 1.63. The molecule has 0 saturated heterocycles. The van der Waals surface area contributed by atoms with Crippen LogP contribution in [0.15, 0.2) is 48.8 Å². The van der Waals surface area contributed by atoms with E-state index in [0.29, 0.717) is 18.3 Å². The van der Waals surface area contributed by atoms with Crippen LogP contribution in [0.1, 0.15) is 11.3 Å². The smallest absolute Gasteiger partial charge is 0.245 e. The van der Waals surface area contributed by atoms with Crippen LogP contribution in [0.25, 0.3) is 0 Å². The van der Waals surface area contributed by atoms with Crippen molar-refractivity contribution in [3.63, 3.8) is 0 Å². The lowest BCUT2D eigenvalue weighted by Gasteiger charge is -2.11. The molecule has 0 aliphatic carbocycles. The van der Waals surface area contributed by atoms with E-state index in [1.54, 1.807) is 19.5 Å². The number of aromatic nitrogens is 4. The van der Waals surface area contributed by atoms with Crippen LogP contribution in [0.2, 0.25) is 0 Å². The molecule has 7 heteroatoms. The minimum Gasteiger partial charge on any atom is -0.495 e. The average Bonchev–Trinajstić information content (AvgIpc) is 2.61. The third-order valence-electron chi connectivity index (χ3n) is 3.33. The van der Waals surface area contributed by atoms with Crippen molar-refractivity contribution in [2.24, 2.45) is 0 Å². The first kappa shape index (κ1) is 15.7. The Bertz CT molecular complexity index is 809. The summed E-state index contributed by atoms with van der Waals surface area (Å²) in [5.41, 5.74) is 2.85. The molecule has 3 rings (SSSR count). The fraction of sp³-hybridized carbons (Fsp3) is 0.176. The molecule has 0 radical (unpaired) electrons. The van der Waals surface area contributed by atoms with Crippen molar-refractivity contribution < 1.29 is 4.74 Å². The number of anilines is 3. The molecular formula is C17H18N6O. The standard InChI is InChI=1S/C17H18N6O/c1-12-6-7-15(24-2)14(9-12)21-16-11-20-23-17(22-16)19-10-13-5-3-4-8-18-13/h3-9,11H,10H2,1-2H3,(H2,19,21,22,23). The molecule has 0 aliphatic heterocycles. The van der Waals surface area contributed by atoms with Gasteiger partial charge in [-0.1, -0.05) is 12.1 Å². The van der Waals surface area contributed by atoms with Gasteiger partial charge in [0.05, 0.1) is 31.2 Å². The second kappa shape index (κ2) is 7.36. The summed E-state index contributed by atoms with van der Waals surface area (Å²) in [5.74, 6) is 1.75.